The van der Waals surface area contributed by atoms with E-state index in [0.29, 0.717) is 63.2 Å². The molecule has 2 atom stereocenters. The van der Waals surface area contributed by atoms with Gasteiger partial charge in [0.1, 0.15) is 12.4 Å². The summed E-state index contributed by atoms with van der Waals surface area (Å²) in [5.41, 5.74) is 10.4. The van der Waals surface area contributed by atoms with Gasteiger partial charge in [-0.15, -0.1) is 0 Å². The van der Waals surface area contributed by atoms with Crippen molar-refractivity contribution >= 4 is 35.1 Å². The molecule has 3 heterocycles. The molecule has 3 aromatic rings. The number of amides is 4. The average molecular weight is 680 g/mol. The van der Waals surface area contributed by atoms with Crippen LogP contribution in [0.2, 0.25) is 0 Å². The molecule has 2 aliphatic heterocycles. The van der Waals surface area contributed by atoms with Gasteiger partial charge < -0.3 is 31.5 Å². The molecule has 1 saturated heterocycles. The molecule has 4 amide bonds. The van der Waals surface area contributed by atoms with Crippen LogP contribution in [-0.2, 0) is 50.5 Å². The molecule has 0 bridgehead atoms. The van der Waals surface area contributed by atoms with E-state index in [-0.39, 0.29) is 42.6 Å². The van der Waals surface area contributed by atoms with E-state index in [1.807, 2.05) is 82.4 Å². The maximum Gasteiger partial charge on any atom is 0.244 e. The Hall–Kier alpha value is -4.61. The number of hydrogen-bond acceptors (Lipinski definition) is 7. The Morgan fingerprint density at radius 2 is 1.74 bits per heavy atom. The summed E-state index contributed by atoms with van der Waals surface area (Å²) in [4.78, 5) is 62.5. The highest BCUT2D eigenvalue weighted by Crippen LogP contribution is 2.47. The summed E-state index contributed by atoms with van der Waals surface area (Å²) in [5, 5.41) is 9.19. The summed E-state index contributed by atoms with van der Waals surface area (Å²) in [5.74, 6) is 0.127. The molecule has 11 nitrogen and oxygen atoms in total. The molecule has 6 rings (SSSR count). The number of carbonyl (C=O) groups excluding carboxylic acids is 4. The van der Waals surface area contributed by atoms with Crippen LogP contribution in [0.3, 0.4) is 0 Å². The molecule has 3 aliphatic rings. The van der Waals surface area contributed by atoms with Crippen molar-refractivity contribution < 1.29 is 19.2 Å². The third kappa shape index (κ3) is 6.64. The first kappa shape index (κ1) is 35.2. The lowest BCUT2D eigenvalue weighted by Crippen LogP contribution is -2.55. The van der Waals surface area contributed by atoms with Crippen molar-refractivity contribution in [2.24, 2.45) is 17.1 Å². The van der Waals surface area contributed by atoms with E-state index in [1.165, 1.54) is 0 Å². The Labute approximate surface area is 294 Å². The maximum absolute atomic E-state index is 14.6. The minimum atomic E-state index is -0.703. The molecule has 0 saturated carbocycles. The molecule has 1 aromatic heterocycles. The molecule has 11 heteroatoms. The standard InChI is InChI=1S/C39H49N7O4/c1-5-38(14-17-45(18-15-38)35(48)33(40)25(2)3)37(50)46(23-28-10-7-6-9-27(28)22-41-4)24-32(47)43-30-13-12-26-20-39(21-29(26)19-30)31-11-8-16-42-34(31)44-36(39)49/h6-13,16,19,25,33,41H,5,14-15,17-18,20-24,40H2,1-4H3,(H,43,47)(H,42,44,49)/t33-,39+/m0/s1. The highest BCUT2D eigenvalue weighted by atomic mass is 16.2. The predicted molar refractivity (Wildman–Crippen MR) is 193 cm³/mol. The van der Waals surface area contributed by atoms with E-state index in [0.717, 1.165) is 27.8 Å². The molecule has 1 spiro atoms. The Morgan fingerprint density at radius 1 is 1.02 bits per heavy atom. The van der Waals surface area contributed by atoms with Gasteiger partial charge in [0.15, 0.2) is 0 Å². The topological polar surface area (TPSA) is 150 Å². The van der Waals surface area contributed by atoms with E-state index < -0.39 is 16.9 Å². The van der Waals surface area contributed by atoms with Crippen LogP contribution in [0.1, 0.15) is 67.9 Å². The fraction of sp³-hybridized carbons (Fsp3) is 0.462. The number of piperidine rings is 1. The number of fused-ring (bicyclic) bond motifs is 3. The van der Waals surface area contributed by atoms with Crippen LogP contribution in [0.25, 0.3) is 0 Å². The summed E-state index contributed by atoms with van der Waals surface area (Å²) in [6, 6.07) is 17.0. The van der Waals surface area contributed by atoms with Gasteiger partial charge in [-0.05, 0) is 85.5 Å². The predicted octanol–water partition coefficient (Wildman–Crippen LogP) is 3.76. The van der Waals surface area contributed by atoms with Crippen LogP contribution in [0.15, 0.2) is 60.8 Å². The largest absolute Gasteiger partial charge is 0.341 e. The van der Waals surface area contributed by atoms with Gasteiger partial charge in [0.2, 0.25) is 23.6 Å². The van der Waals surface area contributed by atoms with E-state index in [1.54, 1.807) is 16.0 Å². The van der Waals surface area contributed by atoms with Gasteiger partial charge in [-0.2, -0.15) is 0 Å². The number of nitrogens with zero attached hydrogens (tertiary/aromatic N) is 3. The number of nitrogens with two attached hydrogens (primary N) is 1. The van der Waals surface area contributed by atoms with Gasteiger partial charge in [-0.25, -0.2) is 4.98 Å². The third-order valence-electron chi connectivity index (χ3n) is 11.1. The van der Waals surface area contributed by atoms with E-state index in [2.05, 4.69) is 20.9 Å². The van der Waals surface area contributed by atoms with Gasteiger partial charge in [0, 0.05) is 43.6 Å². The Morgan fingerprint density at radius 3 is 2.44 bits per heavy atom. The Balaban J connectivity index is 1.20. The lowest BCUT2D eigenvalue weighted by atomic mass is 9.74. The second-order valence-electron chi connectivity index (χ2n) is 14.5. The molecule has 1 fully saturated rings. The molecular weight excluding hydrogens is 630 g/mol. The first-order valence-corrected chi connectivity index (χ1v) is 17.7. The van der Waals surface area contributed by atoms with Gasteiger partial charge in [0.25, 0.3) is 0 Å². The average Bonchev–Trinajstić information content (AvgIpc) is 3.63. The molecule has 50 heavy (non-hydrogen) atoms. The van der Waals surface area contributed by atoms with Crippen molar-refractivity contribution in [3.63, 3.8) is 0 Å². The minimum Gasteiger partial charge on any atom is -0.341 e. The number of benzene rings is 2. The van der Waals surface area contributed by atoms with Crippen LogP contribution in [0.4, 0.5) is 11.5 Å². The van der Waals surface area contributed by atoms with Gasteiger partial charge in [-0.3, -0.25) is 19.2 Å². The number of aromatic nitrogens is 1. The lowest BCUT2D eigenvalue weighted by molar-refractivity contribution is -0.151. The molecule has 0 unspecified atom stereocenters. The normalized spacial score (nSPS) is 19.6. The molecule has 264 valence electrons. The zero-order valence-electron chi connectivity index (χ0n) is 29.6. The summed E-state index contributed by atoms with van der Waals surface area (Å²) >= 11 is 0. The summed E-state index contributed by atoms with van der Waals surface area (Å²) in [6.45, 7) is 7.57. The highest BCUT2D eigenvalue weighted by Gasteiger charge is 2.51. The fourth-order valence-corrected chi connectivity index (χ4v) is 7.90. The number of likely N-dealkylation sites (tertiary alicyclic amines) is 1. The zero-order valence-corrected chi connectivity index (χ0v) is 29.6. The molecule has 1 aliphatic carbocycles. The van der Waals surface area contributed by atoms with Crippen molar-refractivity contribution in [3.05, 3.63) is 88.6 Å². The van der Waals surface area contributed by atoms with Gasteiger partial charge in [-0.1, -0.05) is 57.2 Å². The number of nitrogens with one attached hydrogen (secondary N) is 3. The number of carbonyl (C=O) groups is 4. The van der Waals surface area contributed by atoms with Gasteiger partial charge >= 0.3 is 0 Å². The van der Waals surface area contributed by atoms with Crippen LogP contribution in [-0.4, -0.2) is 71.1 Å². The van der Waals surface area contributed by atoms with Crippen LogP contribution in [0, 0.1) is 11.3 Å². The Bertz CT molecular complexity index is 1780. The number of hydrogen-bond donors (Lipinski definition) is 4. The second kappa shape index (κ2) is 14.3. The summed E-state index contributed by atoms with van der Waals surface area (Å²) in [6.07, 6.45) is 4.38. The maximum atomic E-state index is 14.6. The van der Waals surface area contributed by atoms with Gasteiger partial charge in [0.05, 0.1) is 16.9 Å². The Kier molecular flexibility index (Phi) is 10.1. The van der Waals surface area contributed by atoms with Crippen LogP contribution < -0.4 is 21.7 Å². The van der Waals surface area contributed by atoms with E-state index >= 15 is 0 Å². The van der Waals surface area contributed by atoms with E-state index in [4.69, 9.17) is 5.73 Å². The number of rotatable bonds is 11. The summed E-state index contributed by atoms with van der Waals surface area (Å²) < 4.78 is 0. The molecule has 0 radical (unpaired) electrons. The van der Waals surface area contributed by atoms with Crippen molar-refractivity contribution in [1.82, 2.24) is 20.1 Å². The molecule has 2 aromatic carbocycles. The van der Waals surface area contributed by atoms with Crippen molar-refractivity contribution in [3.8, 4) is 0 Å². The molecule has 5 N–H and O–H groups in total. The van der Waals surface area contributed by atoms with E-state index in [9.17, 15) is 19.2 Å². The number of anilines is 2. The SMILES string of the molecule is CCC1(C(=O)N(CC(=O)Nc2ccc3c(c2)C[C@@]2(C3)C(=O)Nc3ncccc32)Cc2ccccc2CNC)CCN(C(=O)[C@@H](N)C(C)C)CC1. The van der Waals surface area contributed by atoms with Crippen LogP contribution >= 0.6 is 0 Å². The van der Waals surface area contributed by atoms with Crippen molar-refractivity contribution in [1.29, 1.82) is 0 Å². The van der Waals surface area contributed by atoms with Crippen molar-refractivity contribution in [2.75, 3.05) is 37.3 Å². The van der Waals surface area contributed by atoms with Crippen LogP contribution in [0.5, 0.6) is 0 Å². The smallest absolute Gasteiger partial charge is 0.244 e. The minimum absolute atomic E-state index is 0.0247. The quantitative estimate of drug-likeness (QED) is 0.241. The third-order valence-corrected chi connectivity index (χ3v) is 11.1. The second-order valence-corrected chi connectivity index (χ2v) is 14.5. The zero-order chi connectivity index (χ0) is 35.6. The first-order chi connectivity index (χ1) is 24.0. The van der Waals surface area contributed by atoms with Crippen molar-refractivity contribution in [2.45, 2.75) is 77.4 Å². The monoisotopic (exact) mass is 679 g/mol. The fourth-order valence-electron chi connectivity index (χ4n) is 7.90. The number of pyridine rings is 1. The molecular formula is C39H49N7O4. The first-order valence-electron chi connectivity index (χ1n) is 17.7. The highest BCUT2D eigenvalue weighted by molar-refractivity contribution is 6.06. The summed E-state index contributed by atoms with van der Waals surface area (Å²) in [7, 11) is 1.88. The lowest BCUT2D eigenvalue weighted by Gasteiger charge is -2.43.